The number of phenolic OH excluding ortho intramolecular Hbond substituents is 1. The average Bonchev–Trinajstić information content (AvgIpc) is 2.04. The Balaban J connectivity index is 3.47. The van der Waals surface area contributed by atoms with E-state index < -0.39 is 16.4 Å². The van der Waals surface area contributed by atoms with E-state index in [1.807, 2.05) is 0 Å². The Morgan fingerprint density at radius 3 is 2.62 bits per heavy atom. The maximum absolute atomic E-state index is 10.4. The number of benzene rings is 1. The van der Waals surface area contributed by atoms with Crippen molar-refractivity contribution in [2.45, 2.75) is 6.92 Å². The molecule has 0 fully saturated rings. The number of aromatic hydroxyl groups is 1. The molecule has 0 saturated heterocycles. The molecule has 0 bridgehead atoms. The molecule has 0 aliphatic heterocycles. The number of phenols is 1. The summed E-state index contributed by atoms with van der Waals surface area (Å²) < 4.78 is 0. The van der Waals surface area contributed by atoms with Crippen LogP contribution in [0.25, 0.3) is 0 Å². The first kappa shape index (κ1) is 9.18. The minimum absolute atomic E-state index is 0.181. The maximum Gasteiger partial charge on any atom is 0.314 e. The summed E-state index contributed by atoms with van der Waals surface area (Å²) >= 11 is 0. The highest BCUT2D eigenvalue weighted by Crippen LogP contribution is 2.30. The van der Waals surface area contributed by atoms with E-state index in [0.717, 1.165) is 6.07 Å². The lowest BCUT2D eigenvalue weighted by Crippen LogP contribution is -1.95. The van der Waals surface area contributed by atoms with Crippen LogP contribution in [-0.2, 0) is 0 Å². The van der Waals surface area contributed by atoms with Crippen molar-refractivity contribution in [3.05, 3.63) is 33.4 Å². The highest BCUT2D eigenvalue weighted by atomic mass is 16.6. The van der Waals surface area contributed by atoms with Gasteiger partial charge in [0.05, 0.1) is 4.92 Å². The number of nitro benzene ring substituents is 1. The quantitative estimate of drug-likeness (QED) is 0.425. The molecule has 5 nitrogen and oxygen atoms in total. The molecule has 68 valence electrons. The second-order valence-corrected chi connectivity index (χ2v) is 2.52. The van der Waals surface area contributed by atoms with E-state index >= 15 is 0 Å². The van der Waals surface area contributed by atoms with E-state index in [1.165, 1.54) is 13.0 Å². The van der Waals surface area contributed by atoms with Gasteiger partial charge in [0.2, 0.25) is 0 Å². The summed E-state index contributed by atoms with van der Waals surface area (Å²) in [5.74, 6) is -0.423. The zero-order chi connectivity index (χ0) is 10.0. The number of aldehydes is 1. The third kappa shape index (κ3) is 1.48. The number of hydrogen-bond acceptors (Lipinski definition) is 4. The normalized spacial score (nSPS) is 9.62. The van der Waals surface area contributed by atoms with E-state index in [2.05, 4.69) is 0 Å². The molecule has 13 heavy (non-hydrogen) atoms. The zero-order valence-electron chi connectivity index (χ0n) is 6.85. The minimum atomic E-state index is -0.711. The predicted molar refractivity (Wildman–Crippen MR) is 44.9 cm³/mol. The third-order valence-electron chi connectivity index (χ3n) is 1.76. The van der Waals surface area contributed by atoms with E-state index in [9.17, 15) is 14.9 Å². The summed E-state index contributed by atoms with van der Waals surface area (Å²) in [5.41, 5.74) is -0.0194. The maximum atomic E-state index is 10.4. The molecule has 0 heterocycles. The van der Waals surface area contributed by atoms with Crippen LogP contribution in [-0.4, -0.2) is 16.3 Å². The van der Waals surface area contributed by atoms with Crippen LogP contribution in [0.2, 0.25) is 0 Å². The van der Waals surface area contributed by atoms with Crippen molar-refractivity contribution in [1.82, 2.24) is 0 Å². The molecule has 0 amide bonds. The molecule has 0 aliphatic rings. The van der Waals surface area contributed by atoms with Gasteiger partial charge in [-0.15, -0.1) is 0 Å². The smallest absolute Gasteiger partial charge is 0.314 e. The van der Waals surface area contributed by atoms with Crippen molar-refractivity contribution >= 4 is 12.0 Å². The van der Waals surface area contributed by atoms with Crippen LogP contribution in [0.3, 0.4) is 0 Å². The van der Waals surface area contributed by atoms with Crippen LogP contribution in [0.4, 0.5) is 5.69 Å². The lowest BCUT2D eigenvalue weighted by molar-refractivity contribution is -0.386. The average molecular weight is 181 g/mol. The number of nitrogens with zero attached hydrogens (tertiary/aromatic N) is 1. The standard InChI is InChI=1S/C8H7NO4/c1-5-6(4-10)2-3-7(11)8(5)9(12)13/h2-4,11H,1H3. The largest absolute Gasteiger partial charge is 0.502 e. The SMILES string of the molecule is Cc1c(C=O)ccc(O)c1[N+](=O)[O-]. The van der Waals surface area contributed by atoms with Gasteiger partial charge in [0.25, 0.3) is 0 Å². The summed E-state index contributed by atoms with van der Waals surface area (Å²) in [6.45, 7) is 1.42. The van der Waals surface area contributed by atoms with Gasteiger partial charge in [0.15, 0.2) is 12.0 Å². The molecule has 0 spiro atoms. The first-order valence-electron chi connectivity index (χ1n) is 3.50. The molecule has 0 saturated carbocycles. The van der Waals surface area contributed by atoms with Crippen LogP contribution in [0.5, 0.6) is 5.75 Å². The number of carbonyl (C=O) groups is 1. The van der Waals surface area contributed by atoms with Gasteiger partial charge >= 0.3 is 5.69 Å². The van der Waals surface area contributed by atoms with Crippen molar-refractivity contribution in [2.75, 3.05) is 0 Å². The van der Waals surface area contributed by atoms with Crippen LogP contribution in [0, 0.1) is 17.0 Å². The topological polar surface area (TPSA) is 80.4 Å². The lowest BCUT2D eigenvalue weighted by Gasteiger charge is -2.01. The van der Waals surface area contributed by atoms with Gasteiger partial charge in [-0.3, -0.25) is 14.9 Å². The summed E-state index contributed by atoms with van der Waals surface area (Å²) in [4.78, 5) is 20.1. The molecular formula is C8H7NO4. The molecule has 1 aromatic rings. The monoisotopic (exact) mass is 181 g/mol. The molecule has 1 N–H and O–H groups in total. The molecule has 0 aromatic heterocycles. The van der Waals surface area contributed by atoms with Gasteiger partial charge in [0, 0.05) is 11.1 Å². The Morgan fingerprint density at radius 2 is 2.15 bits per heavy atom. The van der Waals surface area contributed by atoms with E-state index in [4.69, 9.17) is 5.11 Å². The Hall–Kier alpha value is -1.91. The van der Waals surface area contributed by atoms with E-state index in [-0.39, 0.29) is 11.1 Å². The minimum Gasteiger partial charge on any atom is -0.502 e. The van der Waals surface area contributed by atoms with Crippen LogP contribution in [0.1, 0.15) is 15.9 Å². The first-order valence-corrected chi connectivity index (χ1v) is 3.50. The first-order chi connectivity index (χ1) is 6.07. The van der Waals surface area contributed by atoms with Crippen molar-refractivity contribution < 1.29 is 14.8 Å². The fourth-order valence-corrected chi connectivity index (χ4v) is 1.06. The van der Waals surface area contributed by atoms with Gasteiger partial charge in [-0.2, -0.15) is 0 Å². The zero-order valence-corrected chi connectivity index (χ0v) is 6.85. The molecule has 1 rings (SSSR count). The van der Waals surface area contributed by atoms with Gasteiger partial charge < -0.3 is 5.11 Å². The fraction of sp³-hybridized carbons (Fsp3) is 0.125. The lowest BCUT2D eigenvalue weighted by atomic mass is 10.1. The van der Waals surface area contributed by atoms with Crippen molar-refractivity contribution in [1.29, 1.82) is 0 Å². The van der Waals surface area contributed by atoms with Crippen LogP contribution in [0.15, 0.2) is 12.1 Å². The molecule has 1 aromatic carbocycles. The Morgan fingerprint density at radius 1 is 1.54 bits per heavy atom. The Kier molecular flexibility index (Phi) is 2.27. The highest BCUT2D eigenvalue weighted by Gasteiger charge is 2.18. The van der Waals surface area contributed by atoms with Crippen LogP contribution < -0.4 is 0 Å². The molecule has 0 radical (unpaired) electrons. The Bertz CT molecular complexity index is 373. The fourth-order valence-electron chi connectivity index (χ4n) is 1.06. The molecule has 0 unspecified atom stereocenters. The predicted octanol–water partition coefficient (Wildman–Crippen LogP) is 1.42. The molecule has 0 atom stereocenters. The van der Waals surface area contributed by atoms with Crippen molar-refractivity contribution in [3.8, 4) is 5.75 Å². The summed E-state index contributed by atoms with van der Waals surface area (Å²) in [6, 6.07) is 2.47. The number of rotatable bonds is 2. The van der Waals surface area contributed by atoms with Crippen molar-refractivity contribution in [3.63, 3.8) is 0 Å². The molecule has 0 aliphatic carbocycles. The van der Waals surface area contributed by atoms with Crippen LogP contribution >= 0.6 is 0 Å². The molecule has 5 heteroatoms. The molecular weight excluding hydrogens is 174 g/mol. The number of nitro groups is 1. The van der Waals surface area contributed by atoms with E-state index in [1.54, 1.807) is 0 Å². The number of hydrogen-bond donors (Lipinski definition) is 1. The van der Waals surface area contributed by atoms with Crippen molar-refractivity contribution in [2.24, 2.45) is 0 Å². The van der Waals surface area contributed by atoms with Gasteiger partial charge in [-0.1, -0.05) is 0 Å². The highest BCUT2D eigenvalue weighted by molar-refractivity contribution is 5.80. The van der Waals surface area contributed by atoms with Gasteiger partial charge in [0.1, 0.15) is 0 Å². The van der Waals surface area contributed by atoms with E-state index in [0.29, 0.717) is 6.29 Å². The third-order valence-corrected chi connectivity index (χ3v) is 1.76. The summed E-state index contributed by atoms with van der Waals surface area (Å²) in [6.07, 6.45) is 0.516. The summed E-state index contributed by atoms with van der Waals surface area (Å²) in [7, 11) is 0. The second-order valence-electron chi connectivity index (χ2n) is 2.52. The Labute approximate surface area is 73.8 Å². The summed E-state index contributed by atoms with van der Waals surface area (Å²) in [5, 5.41) is 19.6. The van der Waals surface area contributed by atoms with Gasteiger partial charge in [-0.05, 0) is 19.1 Å². The second kappa shape index (κ2) is 3.22. The number of carbonyl (C=O) groups excluding carboxylic acids is 1. The van der Waals surface area contributed by atoms with Gasteiger partial charge in [-0.25, -0.2) is 0 Å².